The third-order valence-corrected chi connectivity index (χ3v) is 4.98. The normalized spacial score (nSPS) is 17.1. The van der Waals surface area contributed by atoms with Crippen LogP contribution in [0, 0.1) is 0 Å². The molecule has 3 aromatic rings. The Labute approximate surface area is 158 Å². The number of hydrogen-bond donors (Lipinski definition) is 2. The fourth-order valence-electron chi connectivity index (χ4n) is 3.52. The maximum Gasteiger partial charge on any atom is 0.151 e. The number of ether oxygens (including phenoxy) is 1. The molecule has 0 amide bonds. The van der Waals surface area contributed by atoms with Crippen LogP contribution >= 0.6 is 0 Å². The van der Waals surface area contributed by atoms with E-state index in [1.807, 2.05) is 42.6 Å². The second-order valence-corrected chi connectivity index (χ2v) is 6.75. The van der Waals surface area contributed by atoms with Gasteiger partial charge < -0.3 is 15.0 Å². The maximum atomic E-state index is 5.24. The molecular formula is C20H24N6O. The van der Waals surface area contributed by atoms with Gasteiger partial charge in [0.05, 0.1) is 19.0 Å². The lowest BCUT2D eigenvalue weighted by atomic mass is 10.0. The first-order valence-corrected chi connectivity index (χ1v) is 9.26. The highest BCUT2D eigenvalue weighted by molar-refractivity contribution is 5.63. The molecule has 0 aliphatic carbocycles. The molecule has 0 radical (unpaired) electrons. The molecule has 4 rings (SSSR count). The maximum absolute atomic E-state index is 5.24. The Morgan fingerprint density at radius 1 is 1.26 bits per heavy atom. The molecule has 1 aromatic carbocycles. The molecule has 0 spiro atoms. The summed E-state index contributed by atoms with van der Waals surface area (Å²) in [5.74, 6) is 1.80. The van der Waals surface area contributed by atoms with Gasteiger partial charge in [-0.25, -0.2) is 0 Å². The van der Waals surface area contributed by atoms with Gasteiger partial charge >= 0.3 is 0 Å². The monoisotopic (exact) mass is 364 g/mol. The first-order chi connectivity index (χ1) is 13.3. The number of H-pyrrole nitrogens is 1. The van der Waals surface area contributed by atoms with Gasteiger partial charge in [-0.1, -0.05) is 0 Å². The summed E-state index contributed by atoms with van der Waals surface area (Å²) in [7, 11) is 1.68. The molecule has 1 atom stereocenters. The van der Waals surface area contributed by atoms with Crippen LogP contribution in [-0.2, 0) is 6.54 Å². The second-order valence-electron chi connectivity index (χ2n) is 6.75. The fraction of sp³-hybridized carbons (Fsp3) is 0.350. The summed E-state index contributed by atoms with van der Waals surface area (Å²) in [4.78, 5) is 2.30. The fourth-order valence-corrected chi connectivity index (χ4v) is 3.52. The van der Waals surface area contributed by atoms with Crippen LogP contribution in [0.3, 0.4) is 0 Å². The zero-order chi connectivity index (χ0) is 18.5. The summed E-state index contributed by atoms with van der Waals surface area (Å²) < 4.78 is 5.24. The van der Waals surface area contributed by atoms with Crippen LogP contribution in [0.15, 0.2) is 48.8 Å². The van der Waals surface area contributed by atoms with Crippen molar-refractivity contribution in [3.63, 3.8) is 0 Å². The molecule has 0 bridgehead atoms. The van der Waals surface area contributed by atoms with Crippen LogP contribution < -0.4 is 15.0 Å². The first kappa shape index (κ1) is 17.5. The molecular weight excluding hydrogens is 340 g/mol. The highest BCUT2D eigenvalue weighted by Gasteiger charge is 2.21. The Morgan fingerprint density at radius 2 is 2.15 bits per heavy atom. The summed E-state index contributed by atoms with van der Waals surface area (Å²) in [5.41, 5.74) is 3.32. The molecule has 2 N–H and O–H groups in total. The quantitative estimate of drug-likeness (QED) is 0.700. The topological polar surface area (TPSA) is 79.0 Å². The zero-order valence-corrected chi connectivity index (χ0v) is 15.4. The van der Waals surface area contributed by atoms with E-state index in [1.165, 1.54) is 0 Å². The van der Waals surface area contributed by atoms with Crippen LogP contribution in [-0.4, -0.2) is 46.6 Å². The summed E-state index contributed by atoms with van der Waals surface area (Å²) in [5, 5.41) is 19.3. The van der Waals surface area contributed by atoms with E-state index < -0.39 is 0 Å². The number of aromatic nitrogens is 4. The highest BCUT2D eigenvalue weighted by Crippen LogP contribution is 2.24. The summed E-state index contributed by atoms with van der Waals surface area (Å²) in [6, 6.07) is 12.4. The molecule has 27 heavy (non-hydrogen) atoms. The third kappa shape index (κ3) is 4.09. The molecule has 1 aliphatic heterocycles. The summed E-state index contributed by atoms with van der Waals surface area (Å²) in [6.45, 7) is 2.74. The van der Waals surface area contributed by atoms with E-state index in [4.69, 9.17) is 4.74 Å². The van der Waals surface area contributed by atoms with Crippen molar-refractivity contribution < 1.29 is 4.74 Å². The number of hydrogen-bond acceptors (Lipinski definition) is 6. The molecule has 1 saturated heterocycles. The van der Waals surface area contributed by atoms with Gasteiger partial charge in [0.25, 0.3) is 0 Å². The van der Waals surface area contributed by atoms with E-state index in [1.54, 1.807) is 13.3 Å². The van der Waals surface area contributed by atoms with Crippen molar-refractivity contribution >= 4 is 5.82 Å². The van der Waals surface area contributed by atoms with Gasteiger partial charge in [0.15, 0.2) is 5.82 Å². The van der Waals surface area contributed by atoms with Gasteiger partial charge in [-0.2, -0.15) is 10.2 Å². The predicted molar refractivity (Wildman–Crippen MR) is 105 cm³/mol. The van der Waals surface area contributed by atoms with Crippen LogP contribution in [0.4, 0.5) is 5.82 Å². The lowest BCUT2D eigenvalue weighted by Crippen LogP contribution is -2.45. The summed E-state index contributed by atoms with van der Waals surface area (Å²) >= 11 is 0. The van der Waals surface area contributed by atoms with E-state index in [0.717, 1.165) is 60.9 Å². The van der Waals surface area contributed by atoms with Gasteiger partial charge in [-0.15, -0.1) is 5.10 Å². The van der Waals surface area contributed by atoms with Crippen LogP contribution in [0.5, 0.6) is 5.75 Å². The Balaban J connectivity index is 1.40. The van der Waals surface area contributed by atoms with E-state index in [9.17, 15) is 0 Å². The van der Waals surface area contributed by atoms with Crippen molar-refractivity contribution in [2.75, 3.05) is 25.1 Å². The van der Waals surface area contributed by atoms with Crippen LogP contribution in [0.2, 0.25) is 0 Å². The molecule has 3 heterocycles. The molecule has 0 unspecified atom stereocenters. The Hall–Kier alpha value is -2.93. The Bertz CT molecular complexity index is 848. The molecule has 1 aliphatic rings. The van der Waals surface area contributed by atoms with Crippen molar-refractivity contribution in [3.05, 3.63) is 54.4 Å². The van der Waals surface area contributed by atoms with Crippen molar-refractivity contribution in [1.29, 1.82) is 0 Å². The molecule has 0 saturated carbocycles. The number of piperidine rings is 1. The largest absolute Gasteiger partial charge is 0.497 e. The zero-order valence-electron chi connectivity index (χ0n) is 15.4. The first-order valence-electron chi connectivity index (χ1n) is 9.26. The van der Waals surface area contributed by atoms with Crippen LogP contribution in [0.25, 0.3) is 11.3 Å². The number of anilines is 1. The number of aromatic amines is 1. The SMILES string of the molecule is COc1ccc(-c2[nH]ncc2CN[C@H]2CCCN(c3cccnn3)C2)cc1. The smallest absolute Gasteiger partial charge is 0.151 e. The number of nitrogens with zero attached hydrogens (tertiary/aromatic N) is 4. The van der Waals surface area contributed by atoms with Crippen molar-refractivity contribution in [1.82, 2.24) is 25.7 Å². The van der Waals surface area contributed by atoms with Gasteiger partial charge in [-0.3, -0.25) is 5.10 Å². The number of methoxy groups -OCH3 is 1. The predicted octanol–water partition coefficient (Wildman–Crippen LogP) is 2.63. The van der Waals surface area contributed by atoms with Gasteiger partial charge in [-0.05, 0) is 49.2 Å². The number of rotatable bonds is 6. The number of nitrogens with one attached hydrogen (secondary N) is 2. The minimum atomic E-state index is 0.416. The highest BCUT2D eigenvalue weighted by atomic mass is 16.5. The minimum absolute atomic E-state index is 0.416. The Morgan fingerprint density at radius 3 is 2.93 bits per heavy atom. The lowest BCUT2D eigenvalue weighted by molar-refractivity contribution is 0.415. The molecule has 1 fully saturated rings. The molecule has 2 aromatic heterocycles. The minimum Gasteiger partial charge on any atom is -0.497 e. The van der Waals surface area contributed by atoms with E-state index >= 15 is 0 Å². The van der Waals surface area contributed by atoms with E-state index in [2.05, 4.69) is 30.6 Å². The van der Waals surface area contributed by atoms with Crippen LogP contribution in [0.1, 0.15) is 18.4 Å². The van der Waals surface area contributed by atoms with Gasteiger partial charge in [0.1, 0.15) is 5.75 Å². The molecule has 7 nitrogen and oxygen atoms in total. The Kier molecular flexibility index (Phi) is 5.29. The second kappa shape index (κ2) is 8.18. The average Bonchev–Trinajstić information content (AvgIpc) is 3.22. The van der Waals surface area contributed by atoms with E-state index in [0.29, 0.717) is 6.04 Å². The summed E-state index contributed by atoms with van der Waals surface area (Å²) in [6.07, 6.45) is 5.91. The molecule has 7 heteroatoms. The number of benzene rings is 1. The van der Waals surface area contributed by atoms with Crippen molar-refractivity contribution in [3.8, 4) is 17.0 Å². The average molecular weight is 364 g/mol. The van der Waals surface area contributed by atoms with Crippen molar-refractivity contribution in [2.45, 2.75) is 25.4 Å². The standard InChI is InChI=1S/C20H24N6O/c1-27-18-8-6-15(7-9-18)20-16(13-23-25-20)12-21-17-4-3-11-26(14-17)19-5-2-10-22-24-19/h2,5-10,13,17,21H,3-4,11-12,14H2,1H3,(H,23,25)/t17-/m0/s1. The molecule has 140 valence electrons. The van der Waals surface area contributed by atoms with Crippen molar-refractivity contribution in [2.24, 2.45) is 0 Å². The van der Waals surface area contributed by atoms with E-state index in [-0.39, 0.29) is 0 Å². The van der Waals surface area contributed by atoms with Gasteiger partial charge in [0.2, 0.25) is 0 Å². The third-order valence-electron chi connectivity index (χ3n) is 4.98. The van der Waals surface area contributed by atoms with Gasteiger partial charge in [0, 0.05) is 43.0 Å². The lowest BCUT2D eigenvalue weighted by Gasteiger charge is -2.33.